The van der Waals surface area contributed by atoms with Crippen LogP contribution in [0.4, 0.5) is 35.1 Å². The number of nitrogens with one attached hydrogen (secondary N) is 1. The van der Waals surface area contributed by atoms with Crippen LogP contribution in [-0.4, -0.2) is 88.8 Å². The number of carbonyl (C=O) groups excluding carboxylic acids is 1. The van der Waals surface area contributed by atoms with E-state index in [-0.39, 0.29) is 38.3 Å². The minimum atomic E-state index is -5.12. The highest BCUT2D eigenvalue weighted by molar-refractivity contribution is 5.99. The van der Waals surface area contributed by atoms with E-state index in [9.17, 15) is 49.8 Å². The molecule has 2 saturated heterocycles. The molecule has 3 fully saturated rings. The van der Waals surface area contributed by atoms with E-state index in [1.807, 2.05) is 17.0 Å². The molecule has 2 aliphatic heterocycles. The van der Waals surface area contributed by atoms with Crippen LogP contribution in [0.2, 0.25) is 0 Å². The van der Waals surface area contributed by atoms with Crippen molar-refractivity contribution in [3.05, 3.63) is 65.4 Å². The minimum Gasteiger partial charge on any atom is -0.480 e. The number of aliphatic carboxylic acids is 1. The SMILES string of the molecule is O=C(O)[C@H](Cc1cccc2c(-c3ncc(CN4CCC(F)(F)CC4)cc3C3CC3)cccc12)NC(=O)C1(C(F)(F)F)CCN(CC(F)(F)F)CC1. The highest BCUT2D eigenvalue weighted by Crippen LogP contribution is 2.48. The van der Waals surface area contributed by atoms with Gasteiger partial charge in [-0.3, -0.25) is 19.6 Å². The summed E-state index contributed by atoms with van der Waals surface area (Å²) in [6.07, 6.45) is -8.70. The molecule has 276 valence electrons. The van der Waals surface area contributed by atoms with Gasteiger partial charge in [0.1, 0.15) is 11.5 Å². The average Bonchev–Trinajstić information content (AvgIpc) is 3.90. The molecule has 1 atom stereocenters. The maximum atomic E-state index is 14.4. The third-order valence-electron chi connectivity index (χ3n) is 10.4. The Balaban J connectivity index is 1.24. The maximum Gasteiger partial charge on any atom is 0.403 e. The van der Waals surface area contributed by atoms with E-state index in [4.69, 9.17) is 4.98 Å². The number of nitrogens with zero attached hydrogens (tertiary/aromatic N) is 3. The molecule has 0 bridgehead atoms. The quantitative estimate of drug-likeness (QED) is 0.213. The molecule has 51 heavy (non-hydrogen) atoms. The van der Waals surface area contributed by atoms with Crippen molar-refractivity contribution in [3.8, 4) is 11.3 Å². The Labute approximate surface area is 289 Å². The number of carbonyl (C=O) groups is 2. The molecule has 3 heterocycles. The Morgan fingerprint density at radius 1 is 0.902 bits per heavy atom. The number of alkyl halides is 8. The average molecular weight is 727 g/mol. The molecule has 3 aromatic rings. The van der Waals surface area contributed by atoms with Crippen LogP contribution in [0, 0.1) is 5.41 Å². The largest absolute Gasteiger partial charge is 0.480 e. The monoisotopic (exact) mass is 726 g/mol. The summed E-state index contributed by atoms with van der Waals surface area (Å²) >= 11 is 0. The zero-order chi connectivity index (χ0) is 36.8. The van der Waals surface area contributed by atoms with Gasteiger partial charge in [0, 0.05) is 50.7 Å². The molecule has 7 nitrogen and oxygen atoms in total. The molecule has 2 N–H and O–H groups in total. The minimum absolute atomic E-state index is 0.188. The molecule has 1 amide bonds. The van der Waals surface area contributed by atoms with Crippen molar-refractivity contribution in [1.29, 1.82) is 0 Å². The summed E-state index contributed by atoms with van der Waals surface area (Å²) in [7, 11) is 0. The Morgan fingerprint density at radius 2 is 1.53 bits per heavy atom. The highest BCUT2D eigenvalue weighted by Gasteiger charge is 2.61. The van der Waals surface area contributed by atoms with E-state index in [0.717, 1.165) is 45.5 Å². The second-order valence-corrected chi connectivity index (χ2v) is 14.0. The smallest absolute Gasteiger partial charge is 0.403 e. The second kappa shape index (κ2) is 13.9. The molecular weight excluding hydrogens is 688 g/mol. The fraction of sp³-hybridized carbons (Fsp3) is 0.528. The molecule has 15 heteroatoms. The zero-order valence-electron chi connectivity index (χ0n) is 27.6. The number of halogens is 8. The van der Waals surface area contributed by atoms with Gasteiger partial charge in [0.05, 0.1) is 12.2 Å². The lowest BCUT2D eigenvalue weighted by atomic mass is 9.76. The van der Waals surface area contributed by atoms with Gasteiger partial charge >= 0.3 is 18.3 Å². The van der Waals surface area contributed by atoms with E-state index < -0.39 is 74.1 Å². The highest BCUT2D eigenvalue weighted by atomic mass is 19.4. The predicted molar refractivity (Wildman–Crippen MR) is 172 cm³/mol. The van der Waals surface area contributed by atoms with Gasteiger partial charge in [0.15, 0.2) is 0 Å². The summed E-state index contributed by atoms with van der Waals surface area (Å²) < 4.78 is 109. The predicted octanol–water partition coefficient (Wildman–Crippen LogP) is 7.33. The van der Waals surface area contributed by atoms with Crippen molar-refractivity contribution in [3.63, 3.8) is 0 Å². The van der Waals surface area contributed by atoms with E-state index in [0.29, 0.717) is 17.5 Å². The summed E-state index contributed by atoms with van der Waals surface area (Å²) in [6, 6.07) is 10.8. The first-order chi connectivity index (χ1) is 23.9. The summed E-state index contributed by atoms with van der Waals surface area (Å²) in [4.78, 5) is 33.2. The Kier molecular flexibility index (Phi) is 10.1. The number of likely N-dealkylation sites (tertiary alicyclic amines) is 2. The summed E-state index contributed by atoms with van der Waals surface area (Å²) in [5.74, 6) is -5.52. The van der Waals surface area contributed by atoms with Crippen molar-refractivity contribution in [2.45, 2.75) is 81.7 Å². The van der Waals surface area contributed by atoms with Gasteiger partial charge in [0.25, 0.3) is 5.92 Å². The number of carboxylic acid groups (broad SMARTS) is 1. The molecule has 6 rings (SSSR count). The van der Waals surface area contributed by atoms with Crippen LogP contribution >= 0.6 is 0 Å². The van der Waals surface area contributed by atoms with Gasteiger partial charge in [-0.25, -0.2) is 13.6 Å². The lowest BCUT2D eigenvalue weighted by Crippen LogP contribution is -2.59. The summed E-state index contributed by atoms with van der Waals surface area (Å²) in [5.41, 5.74) is 0.829. The molecule has 1 aromatic heterocycles. The number of piperidine rings is 2. The Hall–Kier alpha value is -3.85. The molecule has 1 aliphatic carbocycles. The van der Waals surface area contributed by atoms with Gasteiger partial charge in [-0.1, -0.05) is 42.5 Å². The number of hydrogen-bond donors (Lipinski definition) is 2. The van der Waals surface area contributed by atoms with Crippen molar-refractivity contribution in [1.82, 2.24) is 20.1 Å². The number of fused-ring (bicyclic) bond motifs is 1. The fourth-order valence-corrected chi connectivity index (χ4v) is 7.30. The number of pyridine rings is 1. The van der Waals surface area contributed by atoms with Gasteiger partial charge in [-0.2, -0.15) is 26.3 Å². The van der Waals surface area contributed by atoms with Crippen molar-refractivity contribution in [2.24, 2.45) is 5.41 Å². The van der Waals surface area contributed by atoms with E-state index in [2.05, 4.69) is 11.4 Å². The number of aromatic nitrogens is 1. The third-order valence-corrected chi connectivity index (χ3v) is 10.4. The molecule has 1 saturated carbocycles. The van der Waals surface area contributed by atoms with Crippen molar-refractivity contribution >= 4 is 22.6 Å². The van der Waals surface area contributed by atoms with Crippen LogP contribution < -0.4 is 5.32 Å². The summed E-state index contributed by atoms with van der Waals surface area (Å²) in [5, 5.41) is 13.4. The fourth-order valence-electron chi connectivity index (χ4n) is 7.30. The van der Waals surface area contributed by atoms with Crippen LogP contribution in [0.3, 0.4) is 0 Å². The van der Waals surface area contributed by atoms with E-state index in [1.54, 1.807) is 30.5 Å². The van der Waals surface area contributed by atoms with E-state index in [1.165, 1.54) is 0 Å². The van der Waals surface area contributed by atoms with Crippen molar-refractivity contribution < 1.29 is 49.8 Å². The second-order valence-electron chi connectivity index (χ2n) is 14.0. The van der Waals surface area contributed by atoms with Crippen LogP contribution in [0.5, 0.6) is 0 Å². The van der Waals surface area contributed by atoms with Gasteiger partial charge < -0.3 is 10.4 Å². The first kappa shape index (κ1) is 36.9. The number of amides is 1. The molecule has 3 aliphatic rings. The van der Waals surface area contributed by atoms with Gasteiger partial charge in [-0.15, -0.1) is 0 Å². The Morgan fingerprint density at radius 3 is 2.14 bits per heavy atom. The molecular formula is C36H38F8N4O3. The maximum absolute atomic E-state index is 14.4. The molecule has 0 radical (unpaired) electrons. The van der Waals surface area contributed by atoms with Crippen LogP contribution in [-0.2, 0) is 22.6 Å². The first-order valence-corrected chi connectivity index (χ1v) is 16.9. The number of carboxylic acids is 1. The van der Waals surface area contributed by atoms with Crippen LogP contribution in [0.25, 0.3) is 22.0 Å². The van der Waals surface area contributed by atoms with Crippen LogP contribution in [0.1, 0.15) is 61.1 Å². The third kappa shape index (κ3) is 8.29. The normalized spacial score (nSPS) is 20.6. The molecule has 2 aromatic carbocycles. The molecule has 0 spiro atoms. The standard InChI is InChI=1S/C36H38F8N4O3/c37-34(38)11-15-47(16-12-34)20-22-17-28(23-7-8-23)30(45-19-22)27-6-2-4-25-24(3-1-5-26(25)27)18-29(31(49)50)46-32(51)33(36(42,43)44)9-13-48(14-10-33)21-35(39,40)41/h1-6,17,19,23,29H,7-16,18,20-21H2,(H,46,51)(H,49,50)/t29-/m0/s1. The number of benzene rings is 2. The Bertz CT molecular complexity index is 1760. The molecule has 0 unspecified atom stereocenters. The van der Waals surface area contributed by atoms with Gasteiger partial charge in [0.2, 0.25) is 5.91 Å². The lowest BCUT2D eigenvalue weighted by molar-refractivity contribution is -0.236. The number of hydrogen-bond acceptors (Lipinski definition) is 5. The van der Waals surface area contributed by atoms with E-state index >= 15 is 0 Å². The zero-order valence-corrected chi connectivity index (χ0v) is 27.6. The lowest BCUT2D eigenvalue weighted by Gasteiger charge is -2.42. The first-order valence-electron chi connectivity index (χ1n) is 16.9. The topological polar surface area (TPSA) is 85.8 Å². The summed E-state index contributed by atoms with van der Waals surface area (Å²) in [6.45, 7) is -1.61. The van der Waals surface area contributed by atoms with Gasteiger partial charge in [-0.05, 0) is 72.2 Å². The van der Waals surface area contributed by atoms with Crippen molar-refractivity contribution in [2.75, 3.05) is 32.7 Å². The van der Waals surface area contributed by atoms with Crippen LogP contribution in [0.15, 0.2) is 48.7 Å². The number of rotatable bonds is 10.